The highest BCUT2D eigenvalue weighted by atomic mass is 15.1. The maximum absolute atomic E-state index is 2.71. The summed E-state index contributed by atoms with van der Waals surface area (Å²) in [6.45, 7) is 2.47. The van der Waals surface area contributed by atoms with E-state index in [-0.39, 0.29) is 0 Å². The van der Waals surface area contributed by atoms with Gasteiger partial charge in [0, 0.05) is 24.9 Å². The zero-order chi connectivity index (χ0) is 19.7. The minimum Gasteiger partial charge on any atom is -0.376 e. The van der Waals surface area contributed by atoms with Crippen LogP contribution in [-0.4, -0.2) is 18.0 Å². The van der Waals surface area contributed by atoms with E-state index in [1.165, 1.54) is 94.0 Å². The van der Waals surface area contributed by atoms with Gasteiger partial charge in [-0.2, -0.15) is 0 Å². The van der Waals surface area contributed by atoms with Crippen LogP contribution >= 0.6 is 0 Å². The number of rotatable bonds is 7. The lowest BCUT2D eigenvalue weighted by Gasteiger charge is -2.33. The average molecular weight is 388 g/mol. The number of benzene rings is 2. The Morgan fingerprint density at radius 2 is 1.03 bits per heavy atom. The molecule has 4 rings (SSSR count). The third kappa shape index (κ3) is 5.98. The molecule has 0 heterocycles. The number of hydrogen-bond donors (Lipinski definition) is 0. The summed E-state index contributed by atoms with van der Waals surface area (Å²) in [6.07, 6.45) is 16.8. The van der Waals surface area contributed by atoms with Gasteiger partial charge in [-0.25, -0.2) is 0 Å². The lowest BCUT2D eigenvalue weighted by molar-refractivity contribution is 0.207. The molecule has 0 unspecified atom stereocenters. The van der Waals surface area contributed by atoms with Gasteiger partial charge in [0.1, 0.15) is 0 Å². The minimum atomic E-state index is 0.872. The summed E-state index contributed by atoms with van der Waals surface area (Å²) in [7, 11) is 0. The Morgan fingerprint density at radius 1 is 0.621 bits per heavy atom. The van der Waals surface area contributed by atoms with E-state index in [0.29, 0.717) is 0 Å². The first-order valence-corrected chi connectivity index (χ1v) is 12.0. The second-order valence-corrected chi connectivity index (χ2v) is 9.24. The molecule has 0 atom stereocenters. The van der Waals surface area contributed by atoms with Gasteiger partial charge in [0.25, 0.3) is 0 Å². The van der Waals surface area contributed by atoms with Crippen molar-refractivity contribution in [1.29, 1.82) is 0 Å². The van der Waals surface area contributed by atoms with Crippen molar-refractivity contribution in [1.82, 2.24) is 4.90 Å². The van der Waals surface area contributed by atoms with E-state index in [1.54, 1.807) is 0 Å². The Morgan fingerprint density at radius 3 is 1.45 bits per heavy atom. The Balaban J connectivity index is 1.62. The Hall–Kier alpha value is -2.02. The third-order valence-corrected chi connectivity index (χ3v) is 6.92. The molecule has 2 saturated carbocycles. The van der Waals surface area contributed by atoms with Gasteiger partial charge in [0.15, 0.2) is 0 Å². The van der Waals surface area contributed by atoms with Crippen molar-refractivity contribution >= 4 is 5.57 Å². The van der Waals surface area contributed by atoms with Crippen LogP contribution in [-0.2, 0) is 0 Å². The Bertz CT molecular complexity index is 675. The minimum absolute atomic E-state index is 0.872. The average Bonchev–Trinajstić information content (AvgIpc) is 2.80. The molecule has 0 amide bonds. The van der Waals surface area contributed by atoms with Crippen LogP contribution in [0, 0.1) is 11.8 Å². The summed E-state index contributed by atoms with van der Waals surface area (Å²) >= 11 is 0. The Kier molecular flexibility index (Phi) is 7.45. The second kappa shape index (κ2) is 10.7. The largest absolute Gasteiger partial charge is 0.376 e. The molecular formula is C28H37N. The monoisotopic (exact) mass is 387 g/mol. The van der Waals surface area contributed by atoms with Gasteiger partial charge in [-0.05, 0) is 48.6 Å². The number of hydrogen-bond acceptors (Lipinski definition) is 1. The molecule has 0 aromatic heterocycles. The van der Waals surface area contributed by atoms with Crippen LogP contribution in [0.3, 0.4) is 0 Å². The van der Waals surface area contributed by atoms with Gasteiger partial charge in [-0.15, -0.1) is 0 Å². The normalized spacial score (nSPS) is 18.3. The first kappa shape index (κ1) is 20.3. The Labute approximate surface area is 177 Å². The van der Waals surface area contributed by atoms with Crippen LogP contribution in [0.2, 0.25) is 0 Å². The molecule has 0 spiro atoms. The fraction of sp³-hybridized carbons (Fsp3) is 0.500. The topological polar surface area (TPSA) is 3.24 Å². The molecule has 2 aromatic rings. The van der Waals surface area contributed by atoms with Crippen molar-refractivity contribution in [3.63, 3.8) is 0 Å². The van der Waals surface area contributed by atoms with Crippen LogP contribution in [0.4, 0.5) is 0 Å². The van der Waals surface area contributed by atoms with Gasteiger partial charge >= 0.3 is 0 Å². The maximum Gasteiger partial charge on any atom is 0.0201 e. The smallest absolute Gasteiger partial charge is 0.0201 e. The predicted octanol–water partition coefficient (Wildman–Crippen LogP) is 7.54. The van der Waals surface area contributed by atoms with E-state index >= 15 is 0 Å². The highest BCUT2D eigenvalue weighted by Crippen LogP contribution is 2.30. The predicted molar refractivity (Wildman–Crippen MR) is 125 cm³/mol. The fourth-order valence-electron chi connectivity index (χ4n) is 5.32. The zero-order valence-electron chi connectivity index (χ0n) is 17.9. The van der Waals surface area contributed by atoms with Crippen molar-refractivity contribution in [3.8, 4) is 0 Å². The second-order valence-electron chi connectivity index (χ2n) is 9.24. The number of nitrogens with zero attached hydrogens (tertiary/aromatic N) is 1. The van der Waals surface area contributed by atoms with Gasteiger partial charge in [0.2, 0.25) is 0 Å². The standard InChI is InChI=1S/C28H37N/c1-5-13-24(14-6-1)21-29(22-25-15-7-2-8-16-25)23-28(26-17-9-3-10-18-26)27-19-11-4-12-20-27/h3-4,9-12,17-20,23-25H,1-2,5-8,13-16,21-22H2. The molecular weight excluding hydrogens is 350 g/mol. The summed E-state index contributed by atoms with van der Waals surface area (Å²) < 4.78 is 0. The highest BCUT2D eigenvalue weighted by Gasteiger charge is 2.21. The summed E-state index contributed by atoms with van der Waals surface area (Å²) in [5.41, 5.74) is 4.03. The van der Waals surface area contributed by atoms with Crippen molar-refractivity contribution < 1.29 is 0 Å². The van der Waals surface area contributed by atoms with E-state index in [1.807, 2.05) is 0 Å². The van der Waals surface area contributed by atoms with Crippen molar-refractivity contribution in [2.45, 2.75) is 64.2 Å². The van der Waals surface area contributed by atoms with Crippen LogP contribution in [0.5, 0.6) is 0 Å². The van der Waals surface area contributed by atoms with Crippen molar-refractivity contribution in [2.75, 3.05) is 13.1 Å². The summed E-state index contributed by atoms with van der Waals surface area (Å²) in [6, 6.07) is 21.9. The van der Waals surface area contributed by atoms with E-state index in [9.17, 15) is 0 Å². The third-order valence-electron chi connectivity index (χ3n) is 6.92. The van der Waals surface area contributed by atoms with Crippen LogP contribution in [0.1, 0.15) is 75.3 Å². The van der Waals surface area contributed by atoms with Crippen LogP contribution in [0.25, 0.3) is 5.57 Å². The molecule has 2 fully saturated rings. The van der Waals surface area contributed by atoms with Crippen LogP contribution < -0.4 is 0 Å². The molecule has 2 aliphatic rings. The lowest BCUT2D eigenvalue weighted by atomic mass is 9.86. The SMILES string of the molecule is C(=C(c1ccccc1)c1ccccc1)N(CC1CCCCC1)CC1CCCCC1. The van der Waals surface area contributed by atoms with E-state index in [2.05, 4.69) is 71.8 Å². The maximum atomic E-state index is 2.71. The van der Waals surface area contributed by atoms with E-state index in [0.717, 1.165) is 11.8 Å². The molecule has 0 aliphatic heterocycles. The molecule has 0 radical (unpaired) electrons. The van der Waals surface area contributed by atoms with Crippen molar-refractivity contribution in [3.05, 3.63) is 78.0 Å². The molecule has 154 valence electrons. The van der Waals surface area contributed by atoms with E-state index in [4.69, 9.17) is 0 Å². The molecule has 0 bridgehead atoms. The first-order valence-electron chi connectivity index (χ1n) is 12.0. The molecule has 0 N–H and O–H groups in total. The molecule has 1 heteroatoms. The fourth-order valence-corrected chi connectivity index (χ4v) is 5.32. The quantitative estimate of drug-likeness (QED) is 0.474. The lowest BCUT2D eigenvalue weighted by Crippen LogP contribution is -2.32. The zero-order valence-corrected chi connectivity index (χ0v) is 17.9. The molecule has 2 aliphatic carbocycles. The summed E-state index contributed by atoms with van der Waals surface area (Å²) in [4.78, 5) is 2.71. The molecule has 2 aromatic carbocycles. The van der Waals surface area contributed by atoms with Crippen molar-refractivity contribution in [2.24, 2.45) is 11.8 Å². The van der Waals surface area contributed by atoms with Gasteiger partial charge in [0.05, 0.1) is 0 Å². The molecule has 29 heavy (non-hydrogen) atoms. The highest BCUT2D eigenvalue weighted by molar-refractivity contribution is 5.79. The van der Waals surface area contributed by atoms with Gasteiger partial charge < -0.3 is 4.90 Å². The first-order chi connectivity index (χ1) is 14.4. The molecule has 0 saturated heterocycles. The van der Waals surface area contributed by atoms with Crippen LogP contribution in [0.15, 0.2) is 66.9 Å². The van der Waals surface area contributed by atoms with Gasteiger partial charge in [-0.1, -0.05) is 99.2 Å². The molecule has 1 nitrogen and oxygen atoms in total. The summed E-state index contributed by atoms with van der Waals surface area (Å²) in [5, 5.41) is 0. The van der Waals surface area contributed by atoms with E-state index < -0.39 is 0 Å². The summed E-state index contributed by atoms with van der Waals surface area (Å²) in [5.74, 6) is 1.74. The van der Waals surface area contributed by atoms with Gasteiger partial charge in [-0.3, -0.25) is 0 Å².